The van der Waals surface area contributed by atoms with Gasteiger partial charge in [0.15, 0.2) is 0 Å². The summed E-state index contributed by atoms with van der Waals surface area (Å²) in [6.45, 7) is 4.86. The van der Waals surface area contributed by atoms with Crippen molar-refractivity contribution in [3.8, 4) is 0 Å². The fourth-order valence-electron chi connectivity index (χ4n) is 1.82. The largest absolute Gasteiger partial charge is 0.351 e. The predicted molar refractivity (Wildman–Crippen MR) is 83.3 cm³/mol. The summed E-state index contributed by atoms with van der Waals surface area (Å²) in [5, 5.41) is 2.62. The SMILES string of the molecule is CCN(CC)S(=O)(=O)Nc1ccccc1C(=O)NCCN. The molecule has 0 fully saturated rings. The number of anilines is 1. The summed E-state index contributed by atoms with van der Waals surface area (Å²) in [7, 11) is -3.67. The van der Waals surface area contributed by atoms with Gasteiger partial charge in [-0.1, -0.05) is 26.0 Å². The van der Waals surface area contributed by atoms with Crippen LogP contribution in [0.25, 0.3) is 0 Å². The number of rotatable bonds is 8. The minimum atomic E-state index is -3.67. The summed E-state index contributed by atoms with van der Waals surface area (Å²) < 4.78 is 28.2. The lowest BCUT2D eigenvalue weighted by Crippen LogP contribution is -2.36. The molecule has 0 saturated carbocycles. The Bertz CT molecular complexity index is 571. The zero-order valence-corrected chi connectivity index (χ0v) is 13.1. The molecule has 1 amide bonds. The summed E-state index contributed by atoms with van der Waals surface area (Å²) in [6, 6.07) is 6.46. The average molecular weight is 314 g/mol. The van der Waals surface area contributed by atoms with Gasteiger partial charge in [-0.15, -0.1) is 0 Å². The van der Waals surface area contributed by atoms with E-state index in [0.29, 0.717) is 26.2 Å². The lowest BCUT2D eigenvalue weighted by Gasteiger charge is -2.20. The highest BCUT2D eigenvalue weighted by atomic mass is 32.2. The van der Waals surface area contributed by atoms with Crippen LogP contribution in [0.5, 0.6) is 0 Å². The Hall–Kier alpha value is -1.64. The maximum Gasteiger partial charge on any atom is 0.301 e. The standard InChI is InChI=1S/C13H22N4O3S/c1-3-17(4-2)21(19,20)16-12-8-6-5-7-11(12)13(18)15-10-9-14/h5-8,16H,3-4,9-10,14H2,1-2H3,(H,15,18). The lowest BCUT2D eigenvalue weighted by molar-refractivity contribution is 0.0955. The molecule has 8 heteroatoms. The number of carbonyl (C=O) groups excluding carboxylic acids is 1. The molecule has 7 nitrogen and oxygen atoms in total. The van der Waals surface area contributed by atoms with E-state index in [4.69, 9.17) is 5.73 Å². The lowest BCUT2D eigenvalue weighted by atomic mass is 10.1. The van der Waals surface area contributed by atoms with E-state index >= 15 is 0 Å². The molecule has 0 spiro atoms. The van der Waals surface area contributed by atoms with Crippen molar-refractivity contribution < 1.29 is 13.2 Å². The van der Waals surface area contributed by atoms with Gasteiger partial charge >= 0.3 is 10.2 Å². The number of amides is 1. The van der Waals surface area contributed by atoms with E-state index in [-0.39, 0.29) is 17.2 Å². The van der Waals surface area contributed by atoms with Gasteiger partial charge in [-0.25, -0.2) is 0 Å². The van der Waals surface area contributed by atoms with Crippen molar-refractivity contribution in [2.24, 2.45) is 5.73 Å². The van der Waals surface area contributed by atoms with Gasteiger partial charge in [0.25, 0.3) is 5.91 Å². The minimum absolute atomic E-state index is 0.249. The second kappa shape index (κ2) is 7.96. The average Bonchev–Trinajstić information content (AvgIpc) is 2.45. The molecular weight excluding hydrogens is 292 g/mol. The quantitative estimate of drug-likeness (QED) is 0.645. The van der Waals surface area contributed by atoms with Crippen LogP contribution in [0, 0.1) is 0 Å². The Morgan fingerprint density at radius 3 is 2.43 bits per heavy atom. The van der Waals surface area contributed by atoms with E-state index in [1.807, 2.05) is 0 Å². The number of para-hydroxylation sites is 1. The van der Waals surface area contributed by atoms with Crippen molar-refractivity contribution >= 4 is 21.8 Å². The molecule has 1 aromatic carbocycles. The number of benzene rings is 1. The highest BCUT2D eigenvalue weighted by Gasteiger charge is 2.21. The van der Waals surface area contributed by atoms with Gasteiger partial charge in [-0.05, 0) is 12.1 Å². The van der Waals surface area contributed by atoms with E-state index in [0.717, 1.165) is 0 Å². The smallest absolute Gasteiger partial charge is 0.301 e. The molecule has 0 radical (unpaired) electrons. The molecule has 1 aromatic rings. The van der Waals surface area contributed by atoms with Gasteiger partial charge in [0, 0.05) is 26.2 Å². The van der Waals surface area contributed by atoms with Crippen molar-refractivity contribution in [2.75, 3.05) is 30.9 Å². The molecule has 0 unspecified atom stereocenters. The summed E-state index contributed by atoms with van der Waals surface area (Å²) >= 11 is 0. The van der Waals surface area contributed by atoms with Crippen LogP contribution in [0.15, 0.2) is 24.3 Å². The molecule has 0 heterocycles. The maximum atomic E-state index is 12.2. The monoisotopic (exact) mass is 314 g/mol. The zero-order chi connectivity index (χ0) is 15.9. The van der Waals surface area contributed by atoms with Crippen molar-refractivity contribution in [1.82, 2.24) is 9.62 Å². The number of carbonyl (C=O) groups is 1. The van der Waals surface area contributed by atoms with Crippen LogP contribution in [0.1, 0.15) is 24.2 Å². The number of nitrogens with one attached hydrogen (secondary N) is 2. The van der Waals surface area contributed by atoms with E-state index in [1.54, 1.807) is 38.1 Å². The molecule has 0 saturated heterocycles. The van der Waals surface area contributed by atoms with Crippen molar-refractivity contribution in [3.63, 3.8) is 0 Å². The van der Waals surface area contributed by atoms with Crippen molar-refractivity contribution in [1.29, 1.82) is 0 Å². The number of nitrogens with two attached hydrogens (primary N) is 1. The molecule has 0 bridgehead atoms. The second-order valence-corrected chi connectivity index (χ2v) is 5.95. The maximum absolute atomic E-state index is 12.2. The van der Waals surface area contributed by atoms with E-state index in [1.165, 1.54) is 4.31 Å². The summed E-state index contributed by atoms with van der Waals surface area (Å²) in [4.78, 5) is 12.0. The molecule has 0 aliphatic carbocycles. The zero-order valence-electron chi connectivity index (χ0n) is 12.3. The minimum Gasteiger partial charge on any atom is -0.351 e. The van der Waals surface area contributed by atoms with Gasteiger partial charge in [-0.2, -0.15) is 12.7 Å². The molecule has 1 rings (SSSR count). The molecule has 0 aliphatic heterocycles. The van der Waals surface area contributed by atoms with Crippen LogP contribution in [0.2, 0.25) is 0 Å². The third-order valence-electron chi connectivity index (χ3n) is 2.89. The summed E-state index contributed by atoms with van der Waals surface area (Å²) in [5.74, 6) is -0.363. The third kappa shape index (κ3) is 4.69. The van der Waals surface area contributed by atoms with Gasteiger partial charge in [0.05, 0.1) is 11.3 Å². The third-order valence-corrected chi connectivity index (χ3v) is 4.56. The first-order valence-electron chi connectivity index (χ1n) is 6.81. The Balaban J connectivity index is 3.01. The normalized spacial score (nSPS) is 11.4. The predicted octanol–water partition coefficient (Wildman–Crippen LogP) is 0.374. The molecule has 0 aromatic heterocycles. The Kier molecular flexibility index (Phi) is 6.60. The van der Waals surface area contributed by atoms with Crippen LogP contribution >= 0.6 is 0 Å². The molecular formula is C13H22N4O3S. The van der Waals surface area contributed by atoms with Crippen LogP contribution in [0.3, 0.4) is 0 Å². The van der Waals surface area contributed by atoms with Crippen LogP contribution in [-0.2, 0) is 10.2 Å². The Morgan fingerprint density at radius 2 is 1.86 bits per heavy atom. The Morgan fingerprint density at radius 1 is 1.24 bits per heavy atom. The van der Waals surface area contributed by atoms with E-state index in [9.17, 15) is 13.2 Å². The van der Waals surface area contributed by atoms with Gasteiger partial charge in [0.2, 0.25) is 0 Å². The number of hydrogen-bond donors (Lipinski definition) is 3. The van der Waals surface area contributed by atoms with E-state index < -0.39 is 10.2 Å². The number of nitrogens with zero attached hydrogens (tertiary/aromatic N) is 1. The first kappa shape index (κ1) is 17.4. The molecule has 0 atom stereocenters. The van der Waals surface area contributed by atoms with E-state index in [2.05, 4.69) is 10.0 Å². The summed E-state index contributed by atoms with van der Waals surface area (Å²) in [6.07, 6.45) is 0. The van der Waals surface area contributed by atoms with Gasteiger partial charge in [-0.3, -0.25) is 9.52 Å². The Labute approximate surface area is 125 Å². The van der Waals surface area contributed by atoms with Crippen molar-refractivity contribution in [2.45, 2.75) is 13.8 Å². The van der Waals surface area contributed by atoms with Gasteiger partial charge in [0.1, 0.15) is 0 Å². The number of hydrogen-bond acceptors (Lipinski definition) is 4. The second-order valence-electron chi connectivity index (χ2n) is 4.28. The van der Waals surface area contributed by atoms with Crippen LogP contribution in [-0.4, -0.2) is 44.8 Å². The highest BCUT2D eigenvalue weighted by molar-refractivity contribution is 7.90. The topological polar surface area (TPSA) is 105 Å². The fourth-order valence-corrected chi connectivity index (χ4v) is 3.08. The molecule has 118 valence electrons. The molecule has 4 N–H and O–H groups in total. The van der Waals surface area contributed by atoms with Crippen molar-refractivity contribution in [3.05, 3.63) is 29.8 Å². The first-order valence-corrected chi connectivity index (χ1v) is 8.25. The highest BCUT2D eigenvalue weighted by Crippen LogP contribution is 2.17. The van der Waals surface area contributed by atoms with Crippen LogP contribution < -0.4 is 15.8 Å². The molecule has 21 heavy (non-hydrogen) atoms. The molecule has 0 aliphatic rings. The fraction of sp³-hybridized carbons (Fsp3) is 0.462. The summed E-state index contributed by atoms with van der Waals surface area (Å²) in [5.41, 5.74) is 5.85. The first-order chi connectivity index (χ1) is 9.96. The van der Waals surface area contributed by atoms with Crippen LogP contribution in [0.4, 0.5) is 5.69 Å². The van der Waals surface area contributed by atoms with Gasteiger partial charge < -0.3 is 11.1 Å².